The van der Waals surface area contributed by atoms with Crippen LogP contribution in [0.3, 0.4) is 0 Å². The third kappa shape index (κ3) is 3.53. The maximum absolute atomic E-state index is 12.1. The summed E-state index contributed by atoms with van der Waals surface area (Å²) in [5.41, 5.74) is 0.118. The van der Waals surface area contributed by atoms with Gasteiger partial charge >= 0.3 is 0 Å². The molecular formula is C13H24N2O2. The molecule has 1 N–H and O–H groups in total. The van der Waals surface area contributed by atoms with E-state index >= 15 is 0 Å². The molecular weight excluding hydrogens is 216 g/mol. The van der Waals surface area contributed by atoms with Gasteiger partial charge in [0.2, 0.25) is 11.8 Å². The van der Waals surface area contributed by atoms with Crippen molar-refractivity contribution in [2.24, 2.45) is 5.41 Å². The summed E-state index contributed by atoms with van der Waals surface area (Å²) in [7, 11) is 0. The van der Waals surface area contributed by atoms with Crippen molar-refractivity contribution in [3.63, 3.8) is 0 Å². The Morgan fingerprint density at radius 2 is 2.00 bits per heavy atom. The summed E-state index contributed by atoms with van der Waals surface area (Å²) < 4.78 is 0. The number of carbonyl (C=O) groups is 2. The lowest BCUT2D eigenvalue weighted by atomic mass is 9.96. The minimum Gasteiger partial charge on any atom is -0.305 e. The van der Waals surface area contributed by atoms with Gasteiger partial charge in [0.1, 0.15) is 0 Å². The Bertz CT molecular complexity index is 307. The molecule has 0 aromatic heterocycles. The molecule has 98 valence electrons. The molecule has 4 nitrogen and oxygen atoms in total. The summed E-state index contributed by atoms with van der Waals surface area (Å²) in [6.45, 7) is 11.0. The second-order valence-electron chi connectivity index (χ2n) is 6.06. The molecule has 2 unspecified atom stereocenters. The summed E-state index contributed by atoms with van der Waals surface area (Å²) >= 11 is 0. The number of amides is 2. The molecule has 4 heteroatoms. The number of nitrogens with zero attached hydrogens (tertiary/aromatic N) is 1. The fourth-order valence-electron chi connectivity index (χ4n) is 1.89. The molecule has 0 radical (unpaired) electrons. The predicted octanol–water partition coefficient (Wildman–Crippen LogP) is 1.55. The molecule has 17 heavy (non-hydrogen) atoms. The highest BCUT2D eigenvalue weighted by Gasteiger charge is 2.40. The van der Waals surface area contributed by atoms with E-state index in [9.17, 15) is 9.59 Å². The lowest BCUT2D eigenvalue weighted by Crippen LogP contribution is -2.44. The van der Waals surface area contributed by atoms with Crippen molar-refractivity contribution in [3.05, 3.63) is 0 Å². The minimum atomic E-state index is -0.323. The molecule has 1 heterocycles. The van der Waals surface area contributed by atoms with Crippen molar-refractivity contribution in [1.29, 1.82) is 0 Å². The molecule has 1 saturated heterocycles. The Morgan fingerprint density at radius 3 is 2.47 bits per heavy atom. The van der Waals surface area contributed by atoms with Crippen LogP contribution in [0.5, 0.6) is 0 Å². The van der Waals surface area contributed by atoms with Crippen LogP contribution < -0.4 is 5.32 Å². The second-order valence-corrected chi connectivity index (χ2v) is 6.06. The largest absolute Gasteiger partial charge is 0.305 e. The Hall–Kier alpha value is -0.900. The summed E-state index contributed by atoms with van der Waals surface area (Å²) in [6, 6.07) is -0.313. The van der Waals surface area contributed by atoms with Gasteiger partial charge in [-0.2, -0.15) is 0 Å². The SMILES string of the molecule is CCC(C)N1C(=O)CC(NCC(C)(C)C)C1=O. The highest BCUT2D eigenvalue weighted by molar-refractivity contribution is 6.05. The molecule has 0 aromatic carbocycles. The third-order valence-electron chi connectivity index (χ3n) is 3.09. The maximum atomic E-state index is 12.1. The minimum absolute atomic E-state index is 0.0106. The topological polar surface area (TPSA) is 49.4 Å². The number of rotatable bonds is 4. The lowest BCUT2D eigenvalue weighted by Gasteiger charge is -2.23. The smallest absolute Gasteiger partial charge is 0.247 e. The van der Waals surface area contributed by atoms with E-state index < -0.39 is 0 Å². The number of carbonyl (C=O) groups excluding carboxylic acids is 2. The molecule has 0 aromatic rings. The van der Waals surface area contributed by atoms with Crippen LogP contribution in [-0.4, -0.2) is 35.3 Å². The van der Waals surface area contributed by atoms with Crippen LogP contribution in [-0.2, 0) is 9.59 Å². The van der Waals surface area contributed by atoms with E-state index in [4.69, 9.17) is 0 Å². The monoisotopic (exact) mass is 240 g/mol. The van der Waals surface area contributed by atoms with Crippen molar-refractivity contribution < 1.29 is 9.59 Å². The molecule has 1 aliphatic heterocycles. The first-order valence-corrected chi connectivity index (χ1v) is 6.35. The number of imide groups is 1. The van der Waals surface area contributed by atoms with Gasteiger partial charge in [-0.25, -0.2) is 0 Å². The Labute approximate surface area is 104 Å². The van der Waals surface area contributed by atoms with Crippen LogP contribution in [0.25, 0.3) is 0 Å². The van der Waals surface area contributed by atoms with Crippen LogP contribution in [0.15, 0.2) is 0 Å². The molecule has 0 saturated carbocycles. The zero-order valence-electron chi connectivity index (χ0n) is 11.5. The molecule has 0 aliphatic carbocycles. The van der Waals surface area contributed by atoms with Crippen LogP contribution in [0.2, 0.25) is 0 Å². The van der Waals surface area contributed by atoms with E-state index in [1.807, 2.05) is 13.8 Å². The van der Waals surface area contributed by atoms with Crippen LogP contribution in [0.4, 0.5) is 0 Å². The highest BCUT2D eigenvalue weighted by Crippen LogP contribution is 2.19. The molecule has 0 bridgehead atoms. The van der Waals surface area contributed by atoms with Gasteiger partial charge in [0.25, 0.3) is 0 Å². The molecule has 0 spiro atoms. The molecule has 2 amide bonds. The fraction of sp³-hybridized carbons (Fsp3) is 0.846. The fourth-order valence-corrected chi connectivity index (χ4v) is 1.89. The van der Waals surface area contributed by atoms with Crippen molar-refractivity contribution in [3.8, 4) is 0 Å². The molecule has 1 aliphatic rings. The third-order valence-corrected chi connectivity index (χ3v) is 3.09. The van der Waals surface area contributed by atoms with E-state index in [1.54, 1.807) is 0 Å². The van der Waals surface area contributed by atoms with Gasteiger partial charge in [-0.15, -0.1) is 0 Å². The highest BCUT2D eigenvalue weighted by atomic mass is 16.2. The van der Waals surface area contributed by atoms with E-state index in [1.165, 1.54) is 4.90 Å². The number of hydrogen-bond donors (Lipinski definition) is 1. The predicted molar refractivity (Wildman–Crippen MR) is 67.5 cm³/mol. The van der Waals surface area contributed by atoms with E-state index in [2.05, 4.69) is 26.1 Å². The summed E-state index contributed by atoms with van der Waals surface area (Å²) in [4.78, 5) is 25.3. The van der Waals surface area contributed by atoms with E-state index in [0.717, 1.165) is 13.0 Å². The first-order chi connectivity index (χ1) is 7.76. The summed E-state index contributed by atoms with van der Waals surface area (Å²) in [5, 5.41) is 3.20. The molecule has 1 rings (SSSR count). The second kappa shape index (κ2) is 5.17. The standard InChI is InChI=1S/C13H24N2O2/c1-6-9(2)15-11(16)7-10(12(15)17)14-8-13(3,4)5/h9-10,14H,6-8H2,1-5H3. The van der Waals surface area contributed by atoms with Crippen LogP contribution in [0, 0.1) is 5.41 Å². The average Bonchev–Trinajstić information content (AvgIpc) is 2.49. The van der Waals surface area contributed by atoms with Gasteiger partial charge < -0.3 is 5.32 Å². The number of likely N-dealkylation sites (tertiary alicyclic amines) is 1. The number of hydrogen-bond acceptors (Lipinski definition) is 3. The summed E-state index contributed by atoms with van der Waals surface area (Å²) in [6.07, 6.45) is 1.11. The molecule has 1 fully saturated rings. The van der Waals surface area contributed by atoms with Gasteiger partial charge in [-0.05, 0) is 18.8 Å². The van der Waals surface area contributed by atoms with Crippen molar-refractivity contribution in [2.45, 2.75) is 59.5 Å². The van der Waals surface area contributed by atoms with Crippen LogP contribution in [0.1, 0.15) is 47.5 Å². The summed E-state index contributed by atoms with van der Waals surface area (Å²) in [5.74, 6) is -0.107. The van der Waals surface area contributed by atoms with Crippen molar-refractivity contribution in [1.82, 2.24) is 10.2 Å². The molecule has 2 atom stereocenters. The maximum Gasteiger partial charge on any atom is 0.247 e. The Kier molecular flexibility index (Phi) is 4.31. The van der Waals surface area contributed by atoms with Gasteiger partial charge in [-0.3, -0.25) is 14.5 Å². The normalized spacial score (nSPS) is 23.4. The van der Waals surface area contributed by atoms with Gasteiger partial charge in [0, 0.05) is 12.6 Å². The lowest BCUT2D eigenvalue weighted by molar-refractivity contribution is -0.141. The number of nitrogens with one attached hydrogen (secondary N) is 1. The Morgan fingerprint density at radius 1 is 1.41 bits per heavy atom. The van der Waals surface area contributed by atoms with Crippen molar-refractivity contribution >= 4 is 11.8 Å². The Balaban J connectivity index is 2.62. The van der Waals surface area contributed by atoms with Gasteiger partial charge in [0.15, 0.2) is 0 Å². The first-order valence-electron chi connectivity index (χ1n) is 6.35. The van der Waals surface area contributed by atoms with Crippen molar-refractivity contribution in [2.75, 3.05) is 6.54 Å². The first kappa shape index (κ1) is 14.2. The van der Waals surface area contributed by atoms with Gasteiger partial charge in [0.05, 0.1) is 12.5 Å². The van der Waals surface area contributed by atoms with E-state index in [-0.39, 0.29) is 29.3 Å². The van der Waals surface area contributed by atoms with Crippen LogP contribution >= 0.6 is 0 Å². The average molecular weight is 240 g/mol. The quantitative estimate of drug-likeness (QED) is 0.758. The van der Waals surface area contributed by atoms with E-state index in [0.29, 0.717) is 6.42 Å². The van der Waals surface area contributed by atoms with Gasteiger partial charge in [-0.1, -0.05) is 27.7 Å². The zero-order valence-corrected chi connectivity index (χ0v) is 11.5. The zero-order chi connectivity index (χ0) is 13.2.